The predicted octanol–water partition coefficient (Wildman–Crippen LogP) is 2.53. The molecule has 0 bridgehead atoms. The Bertz CT molecular complexity index is 630. The van der Waals surface area contributed by atoms with Crippen LogP contribution in [-0.4, -0.2) is 48.1 Å². The fourth-order valence-corrected chi connectivity index (χ4v) is 3.42. The van der Waals surface area contributed by atoms with E-state index in [0.29, 0.717) is 42.3 Å². The molecule has 25 heavy (non-hydrogen) atoms. The molecule has 1 aliphatic carbocycles. The summed E-state index contributed by atoms with van der Waals surface area (Å²) in [5.74, 6) is 1.81. The summed E-state index contributed by atoms with van der Waals surface area (Å²) < 4.78 is 10.4. The zero-order chi connectivity index (χ0) is 18.0. The number of ether oxygens (including phenoxy) is 1. The van der Waals surface area contributed by atoms with Crippen molar-refractivity contribution in [3.8, 4) is 0 Å². The predicted molar refractivity (Wildman–Crippen MR) is 91.3 cm³/mol. The summed E-state index contributed by atoms with van der Waals surface area (Å²) in [5, 5.41) is 3.04. The molecule has 1 saturated heterocycles. The SMILES string of the molecule is COC(=O)N1CCC([C@@H](C)NC(=O)c2oc(CC3CC3)nc2C)CC1. The van der Waals surface area contributed by atoms with Crippen LogP contribution in [0.2, 0.25) is 0 Å². The van der Waals surface area contributed by atoms with Gasteiger partial charge < -0.3 is 19.4 Å². The van der Waals surface area contributed by atoms with Gasteiger partial charge in [0.25, 0.3) is 5.91 Å². The van der Waals surface area contributed by atoms with Crippen molar-refractivity contribution in [3.05, 3.63) is 17.3 Å². The van der Waals surface area contributed by atoms with Crippen molar-refractivity contribution in [1.82, 2.24) is 15.2 Å². The highest BCUT2D eigenvalue weighted by Crippen LogP contribution is 2.32. The molecule has 1 atom stereocenters. The normalized spacial score (nSPS) is 19.6. The maximum atomic E-state index is 12.5. The van der Waals surface area contributed by atoms with Crippen LogP contribution < -0.4 is 5.32 Å². The number of carbonyl (C=O) groups is 2. The molecule has 2 amide bonds. The van der Waals surface area contributed by atoms with Gasteiger partial charge in [0.2, 0.25) is 5.76 Å². The molecule has 138 valence electrons. The summed E-state index contributed by atoms with van der Waals surface area (Å²) >= 11 is 0. The molecule has 1 aromatic heterocycles. The topological polar surface area (TPSA) is 84.7 Å². The van der Waals surface area contributed by atoms with E-state index >= 15 is 0 Å². The molecular formula is C18H27N3O4. The maximum Gasteiger partial charge on any atom is 0.409 e. The Labute approximate surface area is 148 Å². The van der Waals surface area contributed by atoms with E-state index in [1.165, 1.54) is 20.0 Å². The van der Waals surface area contributed by atoms with Gasteiger partial charge in [0.15, 0.2) is 5.89 Å². The van der Waals surface area contributed by atoms with Crippen LogP contribution in [0.15, 0.2) is 4.42 Å². The molecule has 1 aliphatic heterocycles. The summed E-state index contributed by atoms with van der Waals surface area (Å²) in [6, 6.07) is 0.0173. The first kappa shape index (κ1) is 17.8. The van der Waals surface area contributed by atoms with Crippen LogP contribution in [-0.2, 0) is 11.2 Å². The first-order chi connectivity index (χ1) is 12.0. The molecule has 2 heterocycles. The molecule has 1 aromatic rings. The van der Waals surface area contributed by atoms with Gasteiger partial charge in [0, 0.05) is 25.6 Å². The quantitative estimate of drug-likeness (QED) is 0.883. The third-order valence-corrected chi connectivity index (χ3v) is 5.25. The summed E-state index contributed by atoms with van der Waals surface area (Å²) in [6.07, 6.45) is 4.69. The van der Waals surface area contributed by atoms with Crippen LogP contribution in [0.5, 0.6) is 0 Å². The van der Waals surface area contributed by atoms with Crippen LogP contribution in [0, 0.1) is 18.8 Å². The van der Waals surface area contributed by atoms with E-state index < -0.39 is 0 Å². The summed E-state index contributed by atoms with van der Waals surface area (Å²) in [7, 11) is 1.40. The maximum absolute atomic E-state index is 12.5. The van der Waals surface area contributed by atoms with Gasteiger partial charge in [-0.1, -0.05) is 0 Å². The minimum atomic E-state index is -0.282. The second kappa shape index (κ2) is 7.45. The lowest BCUT2D eigenvalue weighted by Gasteiger charge is -2.34. The molecule has 2 fully saturated rings. The number of oxazole rings is 1. The molecule has 1 N–H and O–H groups in total. The fraction of sp³-hybridized carbons (Fsp3) is 0.722. The monoisotopic (exact) mass is 349 g/mol. The van der Waals surface area contributed by atoms with Gasteiger partial charge in [0.1, 0.15) is 0 Å². The molecule has 7 nitrogen and oxygen atoms in total. The number of aromatic nitrogens is 1. The van der Waals surface area contributed by atoms with Crippen LogP contribution in [0.3, 0.4) is 0 Å². The number of amides is 2. The van der Waals surface area contributed by atoms with Gasteiger partial charge in [-0.2, -0.15) is 0 Å². The Morgan fingerprint density at radius 2 is 2.00 bits per heavy atom. The van der Waals surface area contributed by atoms with Crippen molar-refractivity contribution in [2.75, 3.05) is 20.2 Å². The molecular weight excluding hydrogens is 322 g/mol. The Balaban J connectivity index is 1.52. The number of piperidine rings is 1. The Morgan fingerprint density at radius 1 is 1.32 bits per heavy atom. The first-order valence-corrected chi connectivity index (χ1v) is 9.08. The number of nitrogens with zero attached hydrogens (tertiary/aromatic N) is 2. The zero-order valence-electron chi connectivity index (χ0n) is 15.2. The molecule has 3 rings (SSSR count). The Kier molecular flexibility index (Phi) is 5.30. The third kappa shape index (κ3) is 4.32. The van der Waals surface area contributed by atoms with Crippen molar-refractivity contribution < 1.29 is 18.7 Å². The van der Waals surface area contributed by atoms with Gasteiger partial charge in [-0.25, -0.2) is 9.78 Å². The van der Waals surface area contributed by atoms with Crippen molar-refractivity contribution in [1.29, 1.82) is 0 Å². The molecule has 0 aromatic carbocycles. The Hall–Kier alpha value is -2.05. The van der Waals surface area contributed by atoms with Gasteiger partial charge in [-0.3, -0.25) is 4.79 Å². The number of hydrogen-bond acceptors (Lipinski definition) is 5. The number of likely N-dealkylation sites (tertiary alicyclic amines) is 1. The van der Waals surface area contributed by atoms with E-state index in [4.69, 9.17) is 9.15 Å². The Morgan fingerprint density at radius 3 is 2.60 bits per heavy atom. The van der Waals surface area contributed by atoms with Crippen molar-refractivity contribution >= 4 is 12.0 Å². The summed E-state index contributed by atoms with van der Waals surface area (Å²) in [6.45, 7) is 5.14. The lowest BCUT2D eigenvalue weighted by Crippen LogP contribution is -2.45. The fourth-order valence-electron chi connectivity index (χ4n) is 3.42. The van der Waals surface area contributed by atoms with Gasteiger partial charge in [-0.05, 0) is 51.4 Å². The highest BCUT2D eigenvalue weighted by Gasteiger charge is 2.29. The molecule has 0 unspecified atom stereocenters. The lowest BCUT2D eigenvalue weighted by molar-refractivity contribution is 0.0843. The van der Waals surface area contributed by atoms with Crippen molar-refractivity contribution in [3.63, 3.8) is 0 Å². The van der Waals surface area contributed by atoms with Crippen LogP contribution in [0.4, 0.5) is 4.79 Å². The number of rotatable bonds is 5. The summed E-state index contributed by atoms with van der Waals surface area (Å²) in [4.78, 5) is 30.2. The zero-order valence-corrected chi connectivity index (χ0v) is 15.2. The van der Waals surface area contributed by atoms with E-state index in [0.717, 1.165) is 19.3 Å². The second-order valence-corrected chi connectivity index (χ2v) is 7.23. The van der Waals surface area contributed by atoms with Crippen molar-refractivity contribution in [2.45, 2.75) is 52.0 Å². The molecule has 2 aliphatic rings. The molecule has 0 spiro atoms. The number of hydrogen-bond donors (Lipinski definition) is 1. The van der Waals surface area contributed by atoms with E-state index in [9.17, 15) is 9.59 Å². The minimum absolute atomic E-state index is 0.0173. The number of nitrogens with one attached hydrogen (secondary N) is 1. The highest BCUT2D eigenvalue weighted by atomic mass is 16.5. The number of methoxy groups -OCH3 is 1. The van der Waals surface area contributed by atoms with Crippen molar-refractivity contribution in [2.24, 2.45) is 11.8 Å². The second-order valence-electron chi connectivity index (χ2n) is 7.23. The van der Waals surface area contributed by atoms with Crippen LogP contribution >= 0.6 is 0 Å². The summed E-state index contributed by atoms with van der Waals surface area (Å²) in [5.41, 5.74) is 0.654. The van der Waals surface area contributed by atoms with Crippen LogP contribution in [0.25, 0.3) is 0 Å². The van der Waals surface area contributed by atoms with Gasteiger partial charge in [-0.15, -0.1) is 0 Å². The van der Waals surface area contributed by atoms with E-state index in [-0.39, 0.29) is 18.0 Å². The highest BCUT2D eigenvalue weighted by molar-refractivity contribution is 5.92. The van der Waals surface area contributed by atoms with Gasteiger partial charge in [0.05, 0.1) is 12.8 Å². The third-order valence-electron chi connectivity index (χ3n) is 5.25. The molecule has 0 radical (unpaired) electrons. The average Bonchev–Trinajstić information content (AvgIpc) is 3.34. The molecule has 1 saturated carbocycles. The minimum Gasteiger partial charge on any atom is -0.453 e. The molecule has 7 heteroatoms. The van der Waals surface area contributed by atoms with Crippen LogP contribution in [0.1, 0.15) is 54.7 Å². The standard InChI is InChI=1S/C18H27N3O4/c1-11(14-6-8-21(9-7-14)18(23)24-3)20-17(22)16-12(2)19-15(25-16)10-13-4-5-13/h11,13-14H,4-10H2,1-3H3,(H,20,22)/t11-/m1/s1. The number of carbonyl (C=O) groups excluding carboxylic acids is 2. The smallest absolute Gasteiger partial charge is 0.409 e. The van der Waals surface area contributed by atoms with E-state index in [2.05, 4.69) is 10.3 Å². The van der Waals surface area contributed by atoms with E-state index in [1.54, 1.807) is 4.90 Å². The van der Waals surface area contributed by atoms with E-state index in [1.807, 2.05) is 13.8 Å². The lowest BCUT2D eigenvalue weighted by atomic mass is 9.90. The largest absolute Gasteiger partial charge is 0.453 e. The number of aryl methyl sites for hydroxylation is 1. The first-order valence-electron chi connectivity index (χ1n) is 9.08. The van der Waals surface area contributed by atoms with Gasteiger partial charge >= 0.3 is 6.09 Å². The average molecular weight is 349 g/mol.